The second-order valence-corrected chi connectivity index (χ2v) is 16.8. The molecular formula is C21H35N3O3SSi. The number of hydrogen-bond acceptors (Lipinski definition) is 5. The van der Waals surface area contributed by atoms with Crippen molar-refractivity contribution >= 4 is 35.7 Å². The molecule has 8 heteroatoms. The van der Waals surface area contributed by atoms with E-state index >= 15 is 0 Å². The van der Waals surface area contributed by atoms with E-state index in [2.05, 4.69) is 30.8 Å². The van der Waals surface area contributed by atoms with E-state index in [4.69, 9.17) is 9.47 Å². The average Bonchev–Trinajstić information content (AvgIpc) is 3.18. The predicted octanol–water partition coefficient (Wildman–Crippen LogP) is 5.52. The molecule has 0 N–H and O–H groups in total. The second-order valence-electron chi connectivity index (χ2n) is 10.1. The lowest BCUT2D eigenvalue weighted by molar-refractivity contribution is 0.0205. The van der Waals surface area contributed by atoms with Crippen LogP contribution in [0.5, 0.6) is 0 Å². The predicted molar refractivity (Wildman–Crippen MR) is 121 cm³/mol. The molecule has 0 aliphatic carbocycles. The number of rotatable bonds is 6. The molecule has 29 heavy (non-hydrogen) atoms. The Morgan fingerprint density at radius 1 is 1.28 bits per heavy atom. The third kappa shape index (κ3) is 6.30. The number of aromatic nitrogens is 2. The van der Waals surface area contributed by atoms with Gasteiger partial charge in [0.2, 0.25) is 0 Å². The number of fused-ring (bicyclic) bond motifs is 1. The van der Waals surface area contributed by atoms with Crippen LogP contribution in [-0.2, 0) is 16.2 Å². The molecule has 0 aromatic carbocycles. The van der Waals surface area contributed by atoms with Crippen LogP contribution >= 0.6 is 11.3 Å². The lowest BCUT2D eigenvalue weighted by Crippen LogP contribution is -2.41. The Bertz CT molecular complexity index is 826. The van der Waals surface area contributed by atoms with E-state index in [0.717, 1.165) is 32.5 Å². The highest BCUT2D eigenvalue weighted by Gasteiger charge is 2.28. The highest BCUT2D eigenvalue weighted by atomic mass is 32.1. The number of piperidine rings is 1. The first-order chi connectivity index (χ1) is 13.5. The summed E-state index contributed by atoms with van der Waals surface area (Å²) in [5, 5.41) is 5.68. The maximum Gasteiger partial charge on any atom is 0.410 e. The van der Waals surface area contributed by atoms with Crippen LogP contribution in [0.25, 0.3) is 10.2 Å². The standard InChI is InChI=1S/C21H35N3O3SSi/c1-21(2,3)27-20(25)23-9-7-16(8-10-23)18-13-17-14-22-24(19(17)28-18)15-26-11-12-29(4,5)6/h13-14,16H,7-12,15H2,1-6H3. The Morgan fingerprint density at radius 3 is 2.59 bits per heavy atom. The lowest BCUT2D eigenvalue weighted by atomic mass is 9.95. The molecule has 2 aromatic heterocycles. The molecule has 3 heterocycles. The van der Waals surface area contributed by atoms with E-state index in [1.807, 2.05) is 47.9 Å². The molecule has 0 bridgehead atoms. The Labute approximate surface area is 179 Å². The van der Waals surface area contributed by atoms with Gasteiger partial charge in [0.05, 0.1) is 6.20 Å². The molecule has 1 saturated heterocycles. The highest BCUT2D eigenvalue weighted by molar-refractivity contribution is 7.18. The van der Waals surface area contributed by atoms with Crippen LogP contribution in [0, 0.1) is 0 Å². The first-order valence-corrected chi connectivity index (χ1v) is 15.1. The van der Waals surface area contributed by atoms with Crippen molar-refractivity contribution in [3.63, 3.8) is 0 Å². The Hall–Kier alpha value is -1.38. The number of thiophene rings is 1. The zero-order chi connectivity index (χ0) is 21.2. The first kappa shape index (κ1) is 22.3. The van der Waals surface area contributed by atoms with Gasteiger partial charge in [-0.15, -0.1) is 11.3 Å². The fourth-order valence-electron chi connectivity index (χ4n) is 3.39. The van der Waals surface area contributed by atoms with Crippen LogP contribution in [0.4, 0.5) is 4.79 Å². The highest BCUT2D eigenvalue weighted by Crippen LogP contribution is 2.36. The summed E-state index contributed by atoms with van der Waals surface area (Å²) >= 11 is 1.81. The second kappa shape index (κ2) is 8.77. The minimum absolute atomic E-state index is 0.196. The maximum atomic E-state index is 12.3. The van der Waals surface area contributed by atoms with Gasteiger partial charge in [-0.25, -0.2) is 9.48 Å². The summed E-state index contributed by atoms with van der Waals surface area (Å²) in [7, 11) is -1.07. The van der Waals surface area contributed by atoms with Gasteiger partial charge < -0.3 is 14.4 Å². The van der Waals surface area contributed by atoms with Gasteiger partial charge in [-0.3, -0.25) is 0 Å². The molecule has 2 aromatic rings. The molecule has 6 nitrogen and oxygen atoms in total. The monoisotopic (exact) mass is 437 g/mol. The van der Waals surface area contributed by atoms with Crippen molar-refractivity contribution in [1.29, 1.82) is 0 Å². The van der Waals surface area contributed by atoms with Crippen LogP contribution in [0.15, 0.2) is 12.3 Å². The molecule has 0 atom stereocenters. The third-order valence-corrected chi connectivity index (χ3v) is 8.12. The Morgan fingerprint density at radius 2 is 1.97 bits per heavy atom. The van der Waals surface area contributed by atoms with Crippen molar-refractivity contribution in [3.05, 3.63) is 17.1 Å². The van der Waals surface area contributed by atoms with Gasteiger partial charge in [-0.1, -0.05) is 19.6 Å². The van der Waals surface area contributed by atoms with Crippen LogP contribution < -0.4 is 0 Å². The van der Waals surface area contributed by atoms with Gasteiger partial charge in [-0.2, -0.15) is 5.10 Å². The topological polar surface area (TPSA) is 56.6 Å². The van der Waals surface area contributed by atoms with Gasteiger partial charge in [0.25, 0.3) is 0 Å². The van der Waals surface area contributed by atoms with Crippen LogP contribution in [0.1, 0.15) is 44.4 Å². The van der Waals surface area contributed by atoms with Gasteiger partial charge in [0, 0.05) is 38.0 Å². The molecule has 0 radical (unpaired) electrons. The number of nitrogens with zero attached hydrogens (tertiary/aromatic N) is 3. The minimum atomic E-state index is -1.07. The minimum Gasteiger partial charge on any atom is -0.444 e. The number of amides is 1. The van der Waals surface area contributed by atoms with Crippen molar-refractivity contribution in [2.45, 2.75) is 77.5 Å². The molecule has 0 saturated carbocycles. The molecule has 162 valence electrons. The van der Waals surface area contributed by atoms with E-state index in [9.17, 15) is 4.79 Å². The van der Waals surface area contributed by atoms with Crippen LogP contribution in [-0.4, -0.2) is 54.1 Å². The molecule has 1 aliphatic rings. The van der Waals surface area contributed by atoms with Crippen molar-refractivity contribution in [1.82, 2.24) is 14.7 Å². The molecule has 0 unspecified atom stereocenters. The number of ether oxygens (including phenoxy) is 2. The summed E-state index contributed by atoms with van der Waals surface area (Å²) in [5.74, 6) is 0.493. The number of carbonyl (C=O) groups excluding carboxylic acids is 1. The van der Waals surface area contributed by atoms with E-state index < -0.39 is 13.7 Å². The van der Waals surface area contributed by atoms with E-state index in [0.29, 0.717) is 12.6 Å². The molecule has 1 fully saturated rings. The average molecular weight is 438 g/mol. The lowest BCUT2D eigenvalue weighted by Gasteiger charge is -2.33. The van der Waals surface area contributed by atoms with Gasteiger partial charge in [0.1, 0.15) is 17.2 Å². The normalized spacial score (nSPS) is 16.6. The SMILES string of the molecule is CC(C)(C)OC(=O)N1CCC(c2cc3cnn(COCC[Si](C)(C)C)c3s2)CC1. The first-order valence-electron chi connectivity index (χ1n) is 10.5. The Balaban J connectivity index is 1.55. The summed E-state index contributed by atoms with van der Waals surface area (Å²) in [6, 6.07) is 3.43. The van der Waals surface area contributed by atoms with Crippen molar-refractivity contribution < 1.29 is 14.3 Å². The summed E-state index contributed by atoms with van der Waals surface area (Å²) < 4.78 is 13.4. The van der Waals surface area contributed by atoms with E-state index in [1.54, 1.807) is 0 Å². The fourth-order valence-corrected chi connectivity index (χ4v) is 5.39. The molecule has 1 aliphatic heterocycles. The summed E-state index contributed by atoms with van der Waals surface area (Å²) in [4.78, 5) is 16.7. The zero-order valence-corrected chi connectivity index (χ0v) is 20.5. The van der Waals surface area contributed by atoms with Crippen LogP contribution in [0.3, 0.4) is 0 Å². The zero-order valence-electron chi connectivity index (χ0n) is 18.7. The molecule has 0 spiro atoms. The van der Waals surface area contributed by atoms with Crippen LogP contribution in [0.2, 0.25) is 25.7 Å². The molecular weight excluding hydrogens is 402 g/mol. The summed E-state index contributed by atoms with van der Waals surface area (Å²) in [6.45, 7) is 15.6. The van der Waals surface area contributed by atoms with Gasteiger partial charge in [0.15, 0.2) is 0 Å². The third-order valence-electron chi connectivity index (χ3n) is 5.09. The van der Waals surface area contributed by atoms with Gasteiger partial charge >= 0.3 is 6.09 Å². The van der Waals surface area contributed by atoms with Gasteiger partial charge in [-0.05, 0) is 51.6 Å². The van der Waals surface area contributed by atoms with Crippen molar-refractivity contribution in [2.24, 2.45) is 0 Å². The van der Waals surface area contributed by atoms with E-state index in [-0.39, 0.29) is 6.09 Å². The summed E-state index contributed by atoms with van der Waals surface area (Å²) in [5.41, 5.74) is -0.442. The number of hydrogen-bond donors (Lipinski definition) is 0. The summed E-state index contributed by atoms with van der Waals surface area (Å²) in [6.07, 6.45) is 3.69. The van der Waals surface area contributed by atoms with E-state index in [1.165, 1.54) is 21.1 Å². The maximum absolute atomic E-state index is 12.3. The Kier molecular flexibility index (Phi) is 6.75. The molecule has 3 rings (SSSR count). The van der Waals surface area contributed by atoms with Crippen molar-refractivity contribution in [2.75, 3.05) is 19.7 Å². The van der Waals surface area contributed by atoms with Crippen molar-refractivity contribution in [3.8, 4) is 0 Å². The number of likely N-dealkylation sites (tertiary alicyclic amines) is 1. The largest absolute Gasteiger partial charge is 0.444 e. The smallest absolute Gasteiger partial charge is 0.410 e. The fraction of sp³-hybridized carbons (Fsp3) is 0.714. The number of carbonyl (C=O) groups is 1. The quantitative estimate of drug-likeness (QED) is 0.441. The molecule has 1 amide bonds.